The lowest BCUT2D eigenvalue weighted by molar-refractivity contribution is 0.0534. The average molecular weight is 265 g/mol. The van der Waals surface area contributed by atoms with E-state index in [-0.39, 0.29) is 0 Å². The Balaban J connectivity index is 1.67. The molecule has 1 aliphatic rings. The molecule has 0 spiro atoms. The van der Waals surface area contributed by atoms with Crippen LogP contribution < -0.4 is 5.32 Å². The molecule has 2 heterocycles. The van der Waals surface area contributed by atoms with Crippen molar-refractivity contribution in [3.8, 4) is 0 Å². The molecule has 4 nitrogen and oxygen atoms in total. The van der Waals surface area contributed by atoms with Crippen molar-refractivity contribution in [1.29, 1.82) is 0 Å². The summed E-state index contributed by atoms with van der Waals surface area (Å²) in [4.78, 5) is 0. The van der Waals surface area contributed by atoms with Gasteiger partial charge in [0.1, 0.15) is 0 Å². The Kier molecular flexibility index (Phi) is 5.40. The number of rotatable bonds is 7. The highest BCUT2D eigenvalue weighted by atomic mass is 16.5. The minimum Gasteiger partial charge on any atom is -0.378 e. The van der Waals surface area contributed by atoms with Crippen LogP contribution in [0.5, 0.6) is 0 Å². The summed E-state index contributed by atoms with van der Waals surface area (Å²) >= 11 is 0. The maximum Gasteiger partial charge on any atom is 0.0639 e. The van der Waals surface area contributed by atoms with Crippen LogP contribution in [-0.4, -0.2) is 35.1 Å². The van der Waals surface area contributed by atoms with Crippen molar-refractivity contribution in [2.24, 2.45) is 11.8 Å². The summed E-state index contributed by atoms with van der Waals surface area (Å²) in [5, 5.41) is 7.88. The molecule has 0 bridgehead atoms. The van der Waals surface area contributed by atoms with Crippen LogP contribution in [0, 0.1) is 11.8 Å². The molecule has 108 valence electrons. The summed E-state index contributed by atoms with van der Waals surface area (Å²) in [6.45, 7) is 9.74. The van der Waals surface area contributed by atoms with Gasteiger partial charge in [0.2, 0.25) is 0 Å². The Morgan fingerprint density at radius 3 is 2.95 bits per heavy atom. The Morgan fingerprint density at radius 2 is 2.26 bits per heavy atom. The van der Waals surface area contributed by atoms with Crippen molar-refractivity contribution in [2.45, 2.75) is 52.3 Å². The van der Waals surface area contributed by atoms with Crippen LogP contribution in [0.15, 0.2) is 18.5 Å². The van der Waals surface area contributed by atoms with Gasteiger partial charge in [0.15, 0.2) is 0 Å². The first-order valence-electron chi connectivity index (χ1n) is 7.49. The van der Waals surface area contributed by atoms with Crippen molar-refractivity contribution in [3.63, 3.8) is 0 Å². The van der Waals surface area contributed by atoms with Gasteiger partial charge < -0.3 is 10.1 Å². The Morgan fingerprint density at radius 1 is 1.42 bits per heavy atom. The minimum atomic E-state index is 0.436. The Labute approximate surface area is 116 Å². The summed E-state index contributed by atoms with van der Waals surface area (Å²) in [6.07, 6.45) is 6.60. The van der Waals surface area contributed by atoms with Gasteiger partial charge in [-0.2, -0.15) is 5.10 Å². The molecular formula is C15H27N3O. The summed E-state index contributed by atoms with van der Waals surface area (Å²) in [5.41, 5.74) is 0. The van der Waals surface area contributed by atoms with Crippen LogP contribution in [0.25, 0.3) is 0 Å². The van der Waals surface area contributed by atoms with E-state index in [4.69, 9.17) is 4.74 Å². The number of hydrogen-bond donors (Lipinski definition) is 1. The zero-order valence-electron chi connectivity index (χ0n) is 12.4. The van der Waals surface area contributed by atoms with Gasteiger partial charge in [-0.15, -0.1) is 0 Å². The average Bonchev–Trinajstić information content (AvgIpc) is 3.04. The largest absolute Gasteiger partial charge is 0.378 e. The van der Waals surface area contributed by atoms with Crippen LogP contribution >= 0.6 is 0 Å². The third-order valence-electron chi connectivity index (χ3n) is 4.00. The van der Waals surface area contributed by atoms with Crippen molar-refractivity contribution in [2.75, 3.05) is 13.2 Å². The topological polar surface area (TPSA) is 39.1 Å². The lowest BCUT2D eigenvalue weighted by Gasteiger charge is -2.24. The van der Waals surface area contributed by atoms with Gasteiger partial charge in [-0.1, -0.05) is 13.8 Å². The minimum absolute atomic E-state index is 0.436. The first-order valence-corrected chi connectivity index (χ1v) is 7.49. The van der Waals surface area contributed by atoms with Crippen molar-refractivity contribution in [1.82, 2.24) is 15.1 Å². The fraction of sp³-hybridized carbons (Fsp3) is 0.800. The molecule has 0 aliphatic carbocycles. The van der Waals surface area contributed by atoms with Crippen LogP contribution in [0.1, 0.15) is 33.6 Å². The lowest BCUT2D eigenvalue weighted by Crippen LogP contribution is -2.36. The molecule has 1 saturated heterocycles. The van der Waals surface area contributed by atoms with E-state index in [0.717, 1.165) is 26.1 Å². The first-order chi connectivity index (χ1) is 9.16. The normalized spacial score (nSPS) is 25.1. The zero-order chi connectivity index (χ0) is 13.7. The van der Waals surface area contributed by atoms with E-state index < -0.39 is 0 Å². The van der Waals surface area contributed by atoms with Crippen LogP contribution in [0.3, 0.4) is 0 Å². The van der Waals surface area contributed by atoms with E-state index in [2.05, 4.69) is 31.2 Å². The van der Waals surface area contributed by atoms with E-state index in [1.807, 2.05) is 23.1 Å². The van der Waals surface area contributed by atoms with Crippen LogP contribution in [0.4, 0.5) is 0 Å². The van der Waals surface area contributed by atoms with Crippen LogP contribution in [0.2, 0.25) is 0 Å². The highest BCUT2D eigenvalue weighted by Gasteiger charge is 2.30. The number of ether oxygens (including phenoxy) is 1. The van der Waals surface area contributed by atoms with Gasteiger partial charge in [-0.3, -0.25) is 4.68 Å². The molecular weight excluding hydrogens is 238 g/mol. The molecule has 1 aromatic rings. The van der Waals surface area contributed by atoms with Gasteiger partial charge >= 0.3 is 0 Å². The van der Waals surface area contributed by atoms with Gasteiger partial charge in [0, 0.05) is 38.1 Å². The van der Waals surface area contributed by atoms with Gasteiger partial charge in [0.25, 0.3) is 0 Å². The van der Waals surface area contributed by atoms with Gasteiger partial charge in [-0.25, -0.2) is 0 Å². The fourth-order valence-corrected chi connectivity index (χ4v) is 2.82. The van der Waals surface area contributed by atoms with E-state index in [0.29, 0.717) is 24.0 Å². The SMILES string of the molecule is CC(C)[C@H]1OCC[C@@H]1CN[C@@H](C)CCn1cccn1. The monoisotopic (exact) mass is 265 g/mol. The quantitative estimate of drug-likeness (QED) is 0.822. The van der Waals surface area contributed by atoms with Crippen molar-refractivity contribution >= 4 is 0 Å². The molecule has 0 radical (unpaired) electrons. The molecule has 4 heteroatoms. The molecule has 1 aliphatic heterocycles. The molecule has 1 fully saturated rings. The maximum atomic E-state index is 5.82. The second-order valence-electron chi connectivity index (χ2n) is 6.00. The molecule has 0 saturated carbocycles. The summed E-state index contributed by atoms with van der Waals surface area (Å²) < 4.78 is 7.82. The third kappa shape index (κ3) is 4.32. The number of nitrogens with one attached hydrogen (secondary N) is 1. The highest BCUT2D eigenvalue weighted by molar-refractivity contribution is 4.82. The Hall–Kier alpha value is -0.870. The molecule has 2 rings (SSSR count). The molecule has 19 heavy (non-hydrogen) atoms. The fourth-order valence-electron chi connectivity index (χ4n) is 2.82. The number of hydrogen-bond acceptors (Lipinski definition) is 3. The van der Waals surface area contributed by atoms with E-state index in [9.17, 15) is 0 Å². The second-order valence-corrected chi connectivity index (χ2v) is 6.00. The predicted molar refractivity (Wildman–Crippen MR) is 77.0 cm³/mol. The first kappa shape index (κ1) is 14.5. The smallest absolute Gasteiger partial charge is 0.0639 e. The van der Waals surface area contributed by atoms with E-state index in [1.165, 1.54) is 6.42 Å². The maximum absolute atomic E-state index is 5.82. The van der Waals surface area contributed by atoms with Crippen molar-refractivity contribution in [3.05, 3.63) is 18.5 Å². The summed E-state index contributed by atoms with van der Waals surface area (Å²) in [5.74, 6) is 1.29. The summed E-state index contributed by atoms with van der Waals surface area (Å²) in [7, 11) is 0. The molecule has 0 amide bonds. The molecule has 1 aromatic heterocycles. The van der Waals surface area contributed by atoms with Crippen molar-refractivity contribution < 1.29 is 4.74 Å². The number of aromatic nitrogens is 2. The molecule has 0 unspecified atom stereocenters. The molecule has 0 aromatic carbocycles. The van der Waals surface area contributed by atoms with E-state index >= 15 is 0 Å². The number of aryl methyl sites for hydroxylation is 1. The van der Waals surface area contributed by atoms with E-state index in [1.54, 1.807) is 0 Å². The van der Waals surface area contributed by atoms with Crippen LogP contribution in [-0.2, 0) is 11.3 Å². The van der Waals surface area contributed by atoms with Gasteiger partial charge in [0.05, 0.1) is 6.10 Å². The zero-order valence-corrected chi connectivity index (χ0v) is 12.4. The number of nitrogens with zero attached hydrogens (tertiary/aromatic N) is 2. The predicted octanol–water partition coefficient (Wildman–Crippen LogP) is 2.31. The molecule has 1 N–H and O–H groups in total. The lowest BCUT2D eigenvalue weighted by atomic mass is 9.93. The summed E-state index contributed by atoms with van der Waals surface area (Å²) in [6, 6.07) is 2.50. The standard InChI is InChI=1S/C15H27N3O/c1-12(2)15-14(6-10-19-15)11-16-13(3)5-9-18-8-4-7-17-18/h4,7-8,12-16H,5-6,9-11H2,1-3H3/t13-,14+,15+/m0/s1. The van der Waals surface area contributed by atoms with Gasteiger partial charge in [-0.05, 0) is 37.7 Å². The Bertz CT molecular complexity index is 350. The highest BCUT2D eigenvalue weighted by Crippen LogP contribution is 2.26. The molecule has 3 atom stereocenters. The third-order valence-corrected chi connectivity index (χ3v) is 4.00. The second kappa shape index (κ2) is 7.06.